The summed E-state index contributed by atoms with van der Waals surface area (Å²) in [6, 6.07) is 7.92. The Morgan fingerprint density at radius 3 is 3.13 bits per heavy atom. The number of hydrogen-bond donors (Lipinski definition) is 1. The molecular weight excluding hydrogens is 210 g/mol. The van der Waals surface area contributed by atoms with E-state index in [1.807, 2.05) is 24.3 Å². The smallest absolute Gasteiger partial charge is 0.265 e. The van der Waals surface area contributed by atoms with Crippen LogP contribution < -0.4 is 10.1 Å². The molecule has 0 radical (unpaired) electrons. The highest BCUT2D eigenvalue weighted by molar-refractivity contribution is 7.21. The third-order valence-electron chi connectivity index (χ3n) is 2.39. The normalized spacial score (nSPS) is 15.3. The van der Waals surface area contributed by atoms with E-state index in [1.54, 1.807) is 0 Å². The molecule has 2 aromatic rings. The third-order valence-corrected chi connectivity index (χ3v) is 3.54. The van der Waals surface area contributed by atoms with E-state index >= 15 is 0 Å². The predicted molar refractivity (Wildman–Crippen MR) is 59.7 cm³/mol. The number of thiophene rings is 1. The molecule has 1 aromatic carbocycles. The SMILES string of the molecule is O=C1NCCOc2c1sc1ccccc21. The quantitative estimate of drug-likeness (QED) is 0.736. The van der Waals surface area contributed by atoms with Gasteiger partial charge in [0.2, 0.25) is 0 Å². The molecule has 1 aromatic heterocycles. The molecule has 2 heterocycles. The third kappa shape index (κ3) is 1.29. The van der Waals surface area contributed by atoms with Crippen LogP contribution >= 0.6 is 11.3 Å². The first-order chi connectivity index (χ1) is 7.36. The van der Waals surface area contributed by atoms with Crippen molar-refractivity contribution in [2.75, 3.05) is 13.2 Å². The summed E-state index contributed by atoms with van der Waals surface area (Å²) in [7, 11) is 0. The summed E-state index contributed by atoms with van der Waals surface area (Å²) in [6.07, 6.45) is 0. The summed E-state index contributed by atoms with van der Waals surface area (Å²) < 4.78 is 6.70. The Bertz CT molecular complexity index is 532. The molecule has 0 fully saturated rings. The number of carbonyl (C=O) groups excluding carboxylic acids is 1. The maximum Gasteiger partial charge on any atom is 0.265 e. The second kappa shape index (κ2) is 3.24. The molecular formula is C11H9NO2S. The van der Waals surface area contributed by atoms with Crippen molar-refractivity contribution in [1.82, 2.24) is 5.32 Å². The van der Waals surface area contributed by atoms with Crippen LogP contribution in [0, 0.1) is 0 Å². The van der Waals surface area contributed by atoms with E-state index in [0.29, 0.717) is 18.0 Å². The molecule has 1 amide bonds. The van der Waals surface area contributed by atoms with Crippen molar-refractivity contribution in [3.8, 4) is 5.75 Å². The van der Waals surface area contributed by atoms with E-state index in [1.165, 1.54) is 11.3 Å². The second-order valence-corrected chi connectivity index (χ2v) is 4.41. The summed E-state index contributed by atoms with van der Waals surface area (Å²) in [6.45, 7) is 1.12. The lowest BCUT2D eigenvalue weighted by atomic mass is 10.2. The van der Waals surface area contributed by atoms with Gasteiger partial charge in [-0.1, -0.05) is 12.1 Å². The number of fused-ring (bicyclic) bond motifs is 3. The first-order valence-corrected chi connectivity index (χ1v) is 5.60. The monoisotopic (exact) mass is 219 g/mol. The van der Waals surface area contributed by atoms with Gasteiger partial charge in [0.15, 0.2) is 5.75 Å². The van der Waals surface area contributed by atoms with Gasteiger partial charge in [-0.15, -0.1) is 11.3 Å². The van der Waals surface area contributed by atoms with Crippen molar-refractivity contribution in [2.45, 2.75) is 0 Å². The van der Waals surface area contributed by atoms with Gasteiger partial charge in [-0.25, -0.2) is 0 Å². The first kappa shape index (κ1) is 8.73. The van der Waals surface area contributed by atoms with E-state index < -0.39 is 0 Å². The van der Waals surface area contributed by atoms with Gasteiger partial charge < -0.3 is 10.1 Å². The van der Waals surface area contributed by atoms with Crippen LogP contribution in [0.5, 0.6) is 5.75 Å². The minimum absolute atomic E-state index is 0.0244. The molecule has 0 spiro atoms. The zero-order chi connectivity index (χ0) is 10.3. The highest BCUT2D eigenvalue weighted by Gasteiger charge is 2.21. The highest BCUT2D eigenvalue weighted by Crippen LogP contribution is 2.38. The van der Waals surface area contributed by atoms with E-state index in [2.05, 4.69) is 5.32 Å². The Morgan fingerprint density at radius 1 is 1.33 bits per heavy atom. The Balaban J connectivity index is 2.30. The summed E-state index contributed by atoms with van der Waals surface area (Å²) in [5, 5.41) is 3.84. The molecule has 76 valence electrons. The average Bonchev–Trinajstić information content (AvgIpc) is 2.54. The standard InChI is InChI=1S/C11H9NO2S/c13-11-10-9(14-6-5-12-11)7-3-1-2-4-8(7)15-10/h1-4H,5-6H2,(H,12,13). The van der Waals surface area contributed by atoms with Gasteiger partial charge in [-0.3, -0.25) is 4.79 Å². The van der Waals surface area contributed by atoms with Gasteiger partial charge in [0.1, 0.15) is 11.5 Å². The maximum absolute atomic E-state index is 11.7. The van der Waals surface area contributed by atoms with Crippen molar-refractivity contribution in [3.05, 3.63) is 29.1 Å². The van der Waals surface area contributed by atoms with Gasteiger partial charge in [-0.2, -0.15) is 0 Å². The lowest BCUT2D eigenvalue weighted by molar-refractivity contribution is 0.0961. The summed E-state index contributed by atoms with van der Waals surface area (Å²) in [4.78, 5) is 12.4. The Hall–Kier alpha value is -1.55. The molecule has 0 bridgehead atoms. The van der Waals surface area contributed by atoms with Crippen LogP contribution in [0.3, 0.4) is 0 Å². The fourth-order valence-electron chi connectivity index (χ4n) is 1.71. The number of ether oxygens (including phenoxy) is 1. The zero-order valence-electron chi connectivity index (χ0n) is 7.95. The molecule has 3 rings (SSSR count). The van der Waals surface area contributed by atoms with Gasteiger partial charge in [0, 0.05) is 10.1 Å². The number of nitrogens with one attached hydrogen (secondary N) is 1. The zero-order valence-corrected chi connectivity index (χ0v) is 8.76. The molecule has 3 nitrogen and oxygen atoms in total. The molecule has 1 aliphatic rings. The minimum Gasteiger partial charge on any atom is -0.489 e. The fraction of sp³-hybridized carbons (Fsp3) is 0.182. The van der Waals surface area contributed by atoms with Gasteiger partial charge in [0.25, 0.3) is 5.91 Å². The van der Waals surface area contributed by atoms with E-state index in [9.17, 15) is 4.79 Å². The van der Waals surface area contributed by atoms with Crippen LogP contribution in [0.4, 0.5) is 0 Å². The minimum atomic E-state index is -0.0244. The van der Waals surface area contributed by atoms with Crippen molar-refractivity contribution >= 4 is 27.3 Å². The molecule has 1 aliphatic heterocycles. The second-order valence-electron chi connectivity index (χ2n) is 3.36. The lowest BCUT2D eigenvalue weighted by Gasteiger charge is -2.00. The van der Waals surface area contributed by atoms with E-state index in [4.69, 9.17) is 4.74 Å². The summed E-state index contributed by atoms with van der Waals surface area (Å²) >= 11 is 1.48. The average molecular weight is 219 g/mol. The largest absolute Gasteiger partial charge is 0.489 e. The number of rotatable bonds is 0. The van der Waals surface area contributed by atoms with E-state index in [0.717, 1.165) is 15.8 Å². The topological polar surface area (TPSA) is 38.3 Å². The van der Waals surface area contributed by atoms with Gasteiger partial charge >= 0.3 is 0 Å². The number of hydrogen-bond acceptors (Lipinski definition) is 3. The maximum atomic E-state index is 11.7. The predicted octanol–water partition coefficient (Wildman–Crippen LogP) is 2.02. The molecule has 4 heteroatoms. The number of amides is 1. The van der Waals surface area contributed by atoms with E-state index in [-0.39, 0.29) is 5.91 Å². The summed E-state index contributed by atoms with van der Waals surface area (Å²) in [5.41, 5.74) is 0. The van der Waals surface area contributed by atoms with Crippen LogP contribution in [0.1, 0.15) is 9.67 Å². The number of benzene rings is 1. The Morgan fingerprint density at radius 2 is 2.20 bits per heavy atom. The van der Waals surface area contributed by atoms with Gasteiger partial charge in [0.05, 0.1) is 6.54 Å². The van der Waals surface area contributed by atoms with Crippen LogP contribution in [0.25, 0.3) is 10.1 Å². The van der Waals surface area contributed by atoms with Crippen molar-refractivity contribution in [2.24, 2.45) is 0 Å². The molecule has 0 saturated heterocycles. The molecule has 0 atom stereocenters. The summed E-state index contributed by atoms with van der Waals surface area (Å²) in [5.74, 6) is 0.717. The lowest BCUT2D eigenvalue weighted by Crippen LogP contribution is -2.23. The van der Waals surface area contributed by atoms with Crippen LogP contribution in [-0.2, 0) is 0 Å². The molecule has 1 N–H and O–H groups in total. The van der Waals surface area contributed by atoms with Crippen molar-refractivity contribution < 1.29 is 9.53 Å². The Kier molecular flexibility index (Phi) is 1.89. The highest BCUT2D eigenvalue weighted by atomic mass is 32.1. The van der Waals surface area contributed by atoms with Crippen molar-refractivity contribution in [3.63, 3.8) is 0 Å². The molecule has 0 unspecified atom stereocenters. The van der Waals surface area contributed by atoms with Crippen LogP contribution in [0.15, 0.2) is 24.3 Å². The fourth-order valence-corrected chi connectivity index (χ4v) is 2.78. The van der Waals surface area contributed by atoms with Gasteiger partial charge in [-0.05, 0) is 12.1 Å². The molecule has 0 saturated carbocycles. The molecule has 0 aliphatic carbocycles. The number of carbonyl (C=O) groups is 1. The van der Waals surface area contributed by atoms with Crippen molar-refractivity contribution in [1.29, 1.82) is 0 Å². The van der Waals surface area contributed by atoms with Crippen LogP contribution in [0.2, 0.25) is 0 Å². The molecule has 15 heavy (non-hydrogen) atoms. The Labute approximate surface area is 90.7 Å². The first-order valence-electron chi connectivity index (χ1n) is 4.79. The van der Waals surface area contributed by atoms with Crippen LogP contribution in [-0.4, -0.2) is 19.1 Å².